The van der Waals surface area contributed by atoms with Crippen molar-refractivity contribution < 1.29 is 9.47 Å². The second kappa shape index (κ2) is 11.9. The first-order valence-corrected chi connectivity index (χ1v) is 6.00. The van der Waals surface area contributed by atoms with E-state index in [1.807, 2.05) is 13.8 Å². The third-order valence-corrected chi connectivity index (χ3v) is 1.96. The van der Waals surface area contributed by atoms with Crippen LogP contribution in [0.25, 0.3) is 0 Å². The number of nitrogens with one attached hydrogen (secondary N) is 2. The lowest BCUT2D eigenvalue weighted by Gasteiger charge is -2.18. The Morgan fingerprint density at radius 2 is 1.53 bits per heavy atom. The Balaban J connectivity index is 0.000000227. The van der Waals surface area contributed by atoms with Crippen molar-refractivity contribution in [2.45, 2.75) is 26.9 Å². The molecule has 0 aromatic rings. The van der Waals surface area contributed by atoms with E-state index in [4.69, 9.17) is 9.47 Å². The molecule has 1 atom stereocenters. The number of rotatable bonds is 0. The molecule has 2 N–H and O–H groups in total. The molecule has 0 radical (unpaired) electrons. The molecule has 0 aromatic carbocycles. The van der Waals surface area contributed by atoms with Crippen LogP contribution in [0.1, 0.15) is 20.8 Å². The van der Waals surface area contributed by atoms with Crippen molar-refractivity contribution in [1.29, 1.82) is 0 Å². The van der Waals surface area contributed by atoms with Crippen LogP contribution in [0.2, 0.25) is 0 Å². The summed E-state index contributed by atoms with van der Waals surface area (Å²) >= 11 is 0. The van der Waals surface area contributed by atoms with Gasteiger partial charge in [-0.3, -0.25) is 0 Å². The number of hydrogen-bond donors (Lipinski definition) is 2. The van der Waals surface area contributed by atoms with Crippen molar-refractivity contribution in [3.8, 4) is 0 Å². The Morgan fingerprint density at radius 3 is 1.73 bits per heavy atom. The zero-order valence-electron chi connectivity index (χ0n) is 10.3. The van der Waals surface area contributed by atoms with Gasteiger partial charge in [-0.25, -0.2) is 0 Å². The van der Waals surface area contributed by atoms with Crippen molar-refractivity contribution in [3.05, 3.63) is 0 Å². The van der Waals surface area contributed by atoms with Crippen molar-refractivity contribution in [1.82, 2.24) is 10.6 Å². The summed E-state index contributed by atoms with van der Waals surface area (Å²) in [6, 6.07) is 0. The van der Waals surface area contributed by atoms with Crippen molar-refractivity contribution >= 4 is 0 Å². The van der Waals surface area contributed by atoms with E-state index in [0.717, 1.165) is 46.0 Å². The molecule has 1 unspecified atom stereocenters. The van der Waals surface area contributed by atoms with E-state index in [1.54, 1.807) is 0 Å². The molecule has 2 heterocycles. The van der Waals surface area contributed by atoms with E-state index in [0.29, 0.717) is 6.10 Å². The standard InChI is InChI=1S/C5H11NO.C4H9NO.C2H6/c1-5-4-6-2-3-7-5;1-3-6-4-2-5-1;1-2/h5-6H,2-4H2,1H3;5H,1-4H2;1-2H3. The normalized spacial score (nSPS) is 25.4. The fourth-order valence-electron chi connectivity index (χ4n) is 1.21. The van der Waals surface area contributed by atoms with E-state index < -0.39 is 0 Å². The molecule has 0 spiro atoms. The highest BCUT2D eigenvalue weighted by atomic mass is 16.5. The lowest BCUT2D eigenvalue weighted by Crippen LogP contribution is -2.36. The molecule has 2 saturated heterocycles. The zero-order valence-corrected chi connectivity index (χ0v) is 10.3. The summed E-state index contributed by atoms with van der Waals surface area (Å²) in [6.45, 7) is 12.8. The van der Waals surface area contributed by atoms with Gasteiger partial charge in [0.05, 0.1) is 25.9 Å². The maximum absolute atomic E-state index is 5.22. The Labute approximate surface area is 93.7 Å². The van der Waals surface area contributed by atoms with Crippen molar-refractivity contribution in [3.63, 3.8) is 0 Å². The van der Waals surface area contributed by atoms with Gasteiger partial charge in [0.25, 0.3) is 0 Å². The van der Waals surface area contributed by atoms with Crippen LogP contribution < -0.4 is 10.6 Å². The molecule has 4 nitrogen and oxygen atoms in total. The van der Waals surface area contributed by atoms with Crippen LogP contribution in [0.4, 0.5) is 0 Å². The van der Waals surface area contributed by atoms with Crippen molar-refractivity contribution in [2.24, 2.45) is 0 Å². The van der Waals surface area contributed by atoms with Crippen LogP contribution in [-0.4, -0.2) is 52.1 Å². The molecule has 2 rings (SSSR count). The molecule has 0 saturated carbocycles. The highest BCUT2D eigenvalue weighted by Gasteiger charge is 2.04. The molecule has 15 heavy (non-hydrogen) atoms. The summed E-state index contributed by atoms with van der Waals surface area (Å²) < 4.78 is 10.2. The Morgan fingerprint density at radius 1 is 0.933 bits per heavy atom. The summed E-state index contributed by atoms with van der Waals surface area (Å²) in [5, 5.41) is 6.37. The smallest absolute Gasteiger partial charge is 0.0672 e. The lowest BCUT2D eigenvalue weighted by atomic mass is 10.3. The molecule has 2 aliphatic rings. The van der Waals surface area contributed by atoms with Crippen LogP contribution in [0, 0.1) is 0 Å². The third-order valence-electron chi connectivity index (χ3n) is 1.96. The molecular weight excluding hydrogens is 192 g/mol. The van der Waals surface area contributed by atoms with Crippen LogP contribution in [-0.2, 0) is 9.47 Å². The monoisotopic (exact) mass is 218 g/mol. The highest BCUT2D eigenvalue weighted by molar-refractivity contribution is 4.59. The third kappa shape index (κ3) is 10.1. The van der Waals surface area contributed by atoms with Gasteiger partial charge in [-0.2, -0.15) is 0 Å². The largest absolute Gasteiger partial charge is 0.379 e. The van der Waals surface area contributed by atoms with E-state index in [1.165, 1.54) is 0 Å². The Kier molecular flexibility index (Phi) is 11.8. The first-order chi connectivity index (χ1) is 7.39. The van der Waals surface area contributed by atoms with Gasteiger partial charge >= 0.3 is 0 Å². The Bertz CT molecular complexity index is 102. The average molecular weight is 218 g/mol. The summed E-state index contributed by atoms with van der Waals surface area (Å²) in [5.41, 5.74) is 0. The fraction of sp³-hybridized carbons (Fsp3) is 1.00. The van der Waals surface area contributed by atoms with E-state index in [-0.39, 0.29) is 0 Å². The molecule has 4 heteroatoms. The number of hydrogen-bond acceptors (Lipinski definition) is 4. The van der Waals surface area contributed by atoms with Crippen molar-refractivity contribution in [2.75, 3.05) is 46.0 Å². The van der Waals surface area contributed by atoms with E-state index in [2.05, 4.69) is 17.6 Å². The molecular formula is C11H26N2O2. The summed E-state index contributed by atoms with van der Waals surface area (Å²) in [5.74, 6) is 0. The second-order valence-electron chi connectivity index (χ2n) is 3.25. The predicted octanol–water partition coefficient (Wildman–Crippen LogP) is 0.627. The molecule has 0 bridgehead atoms. The minimum atomic E-state index is 0.425. The quantitative estimate of drug-likeness (QED) is 0.626. The van der Waals surface area contributed by atoms with Gasteiger partial charge in [0, 0.05) is 26.2 Å². The van der Waals surface area contributed by atoms with Gasteiger partial charge in [0.1, 0.15) is 0 Å². The molecule has 2 fully saturated rings. The number of ether oxygens (including phenoxy) is 2. The maximum atomic E-state index is 5.22. The molecule has 0 amide bonds. The topological polar surface area (TPSA) is 42.5 Å². The summed E-state index contributed by atoms with van der Waals surface area (Å²) in [4.78, 5) is 0. The fourth-order valence-corrected chi connectivity index (χ4v) is 1.21. The molecule has 0 aliphatic carbocycles. The molecule has 0 aromatic heterocycles. The zero-order chi connectivity index (χ0) is 11.4. The van der Waals surface area contributed by atoms with E-state index >= 15 is 0 Å². The SMILES string of the molecule is C1COCCN1.CC.CC1CNCCO1. The van der Waals surface area contributed by atoms with E-state index in [9.17, 15) is 0 Å². The maximum Gasteiger partial charge on any atom is 0.0672 e. The van der Waals surface area contributed by atoms with Gasteiger partial charge < -0.3 is 20.1 Å². The predicted molar refractivity (Wildman–Crippen MR) is 63.3 cm³/mol. The minimum Gasteiger partial charge on any atom is -0.379 e. The Hall–Kier alpha value is -0.160. The highest BCUT2D eigenvalue weighted by Crippen LogP contribution is 1.91. The lowest BCUT2D eigenvalue weighted by molar-refractivity contribution is 0.0410. The first-order valence-electron chi connectivity index (χ1n) is 6.00. The van der Waals surface area contributed by atoms with Gasteiger partial charge in [-0.15, -0.1) is 0 Å². The van der Waals surface area contributed by atoms with Crippen LogP contribution in [0.15, 0.2) is 0 Å². The average Bonchev–Trinajstić information content (AvgIpc) is 2.36. The summed E-state index contributed by atoms with van der Waals surface area (Å²) in [7, 11) is 0. The van der Waals surface area contributed by atoms with Gasteiger partial charge in [0.2, 0.25) is 0 Å². The second-order valence-corrected chi connectivity index (χ2v) is 3.25. The van der Waals surface area contributed by atoms with Crippen LogP contribution in [0.3, 0.4) is 0 Å². The summed E-state index contributed by atoms with van der Waals surface area (Å²) in [6.07, 6.45) is 0.425. The number of morpholine rings is 2. The van der Waals surface area contributed by atoms with Gasteiger partial charge in [0.15, 0.2) is 0 Å². The molecule has 92 valence electrons. The minimum absolute atomic E-state index is 0.425. The first kappa shape index (κ1) is 14.8. The van der Waals surface area contributed by atoms with Crippen LogP contribution >= 0.6 is 0 Å². The van der Waals surface area contributed by atoms with Crippen LogP contribution in [0.5, 0.6) is 0 Å². The van der Waals surface area contributed by atoms with Gasteiger partial charge in [-0.05, 0) is 6.92 Å². The molecule has 2 aliphatic heterocycles. The van der Waals surface area contributed by atoms with Gasteiger partial charge in [-0.1, -0.05) is 13.8 Å².